The number of hydrogen-bond donors (Lipinski definition) is 2. The van der Waals surface area contributed by atoms with Gasteiger partial charge in [-0.25, -0.2) is 0 Å². The maximum Gasteiger partial charge on any atom is 0.307 e. The Morgan fingerprint density at radius 3 is 2.94 bits per heavy atom. The second kappa shape index (κ2) is 5.61. The van der Waals surface area contributed by atoms with Gasteiger partial charge in [0.15, 0.2) is 0 Å². The van der Waals surface area contributed by atoms with Crippen LogP contribution in [0, 0.1) is 11.3 Å². The van der Waals surface area contributed by atoms with Gasteiger partial charge in [0.05, 0.1) is 36.5 Å². The van der Waals surface area contributed by atoms with Gasteiger partial charge in [-0.15, -0.1) is 0 Å². The number of nitriles is 1. The summed E-state index contributed by atoms with van der Waals surface area (Å²) in [4.78, 5) is 10.9. The number of hydrogen-bond acceptors (Lipinski definition) is 5. The zero-order chi connectivity index (χ0) is 12.0. The Hall–Kier alpha value is -2.22. The van der Waals surface area contributed by atoms with E-state index in [4.69, 9.17) is 11.0 Å². The average Bonchev–Trinajstić information content (AvgIpc) is 2.30. The summed E-state index contributed by atoms with van der Waals surface area (Å²) in [5.74, 6) is -0.278. The van der Waals surface area contributed by atoms with Gasteiger partial charge in [-0.2, -0.15) is 5.26 Å². The van der Waals surface area contributed by atoms with E-state index in [0.29, 0.717) is 23.5 Å². The van der Waals surface area contributed by atoms with Crippen LogP contribution >= 0.6 is 0 Å². The van der Waals surface area contributed by atoms with Crippen molar-refractivity contribution in [2.24, 2.45) is 0 Å². The quantitative estimate of drug-likeness (QED) is 0.585. The van der Waals surface area contributed by atoms with Gasteiger partial charge in [0.25, 0.3) is 0 Å². The maximum atomic E-state index is 10.9. The Morgan fingerprint density at radius 1 is 1.62 bits per heavy atom. The molecule has 0 heterocycles. The Balaban J connectivity index is 2.55. The summed E-state index contributed by atoms with van der Waals surface area (Å²) >= 11 is 0. The third kappa shape index (κ3) is 3.17. The lowest BCUT2D eigenvalue weighted by Crippen LogP contribution is -2.10. The van der Waals surface area contributed by atoms with Gasteiger partial charge < -0.3 is 15.8 Å². The molecule has 0 saturated carbocycles. The second-order valence-electron chi connectivity index (χ2n) is 3.17. The number of nitrogen functional groups attached to an aromatic ring is 1. The molecule has 0 amide bonds. The monoisotopic (exact) mass is 219 g/mol. The predicted octanol–water partition coefficient (Wildman–Crippen LogP) is 1.12. The molecule has 0 aliphatic carbocycles. The predicted molar refractivity (Wildman–Crippen MR) is 60.7 cm³/mol. The molecular weight excluding hydrogens is 206 g/mol. The number of carbonyl (C=O) groups excluding carboxylic acids is 1. The Labute approximate surface area is 93.8 Å². The van der Waals surface area contributed by atoms with Crippen molar-refractivity contribution in [2.75, 3.05) is 24.7 Å². The van der Waals surface area contributed by atoms with Crippen LogP contribution in [-0.2, 0) is 9.53 Å². The van der Waals surface area contributed by atoms with Gasteiger partial charge >= 0.3 is 5.97 Å². The molecular formula is C11H13N3O2. The van der Waals surface area contributed by atoms with Crippen molar-refractivity contribution >= 4 is 17.3 Å². The molecule has 0 radical (unpaired) electrons. The highest BCUT2D eigenvalue weighted by Crippen LogP contribution is 2.19. The molecule has 0 spiro atoms. The van der Waals surface area contributed by atoms with Crippen LogP contribution in [0.25, 0.3) is 0 Å². The van der Waals surface area contributed by atoms with Crippen molar-refractivity contribution in [1.29, 1.82) is 5.26 Å². The van der Waals surface area contributed by atoms with Crippen LogP contribution in [0.3, 0.4) is 0 Å². The minimum absolute atomic E-state index is 0.274. The number of anilines is 2. The zero-order valence-electron chi connectivity index (χ0n) is 8.99. The Morgan fingerprint density at radius 2 is 2.38 bits per heavy atom. The fourth-order valence-corrected chi connectivity index (χ4v) is 1.19. The van der Waals surface area contributed by atoms with Gasteiger partial charge in [-0.05, 0) is 18.2 Å². The van der Waals surface area contributed by atoms with Crippen molar-refractivity contribution in [3.63, 3.8) is 0 Å². The summed E-state index contributed by atoms with van der Waals surface area (Å²) in [5, 5.41) is 11.6. The topological polar surface area (TPSA) is 88.1 Å². The molecule has 5 nitrogen and oxygen atoms in total. The van der Waals surface area contributed by atoms with Crippen LogP contribution in [0.1, 0.15) is 12.0 Å². The number of benzene rings is 1. The van der Waals surface area contributed by atoms with Gasteiger partial charge in [-0.3, -0.25) is 4.79 Å². The molecule has 0 fully saturated rings. The second-order valence-corrected chi connectivity index (χ2v) is 3.17. The maximum absolute atomic E-state index is 10.9. The largest absolute Gasteiger partial charge is 0.469 e. The molecule has 84 valence electrons. The van der Waals surface area contributed by atoms with Crippen LogP contribution in [-0.4, -0.2) is 19.6 Å². The summed E-state index contributed by atoms with van der Waals surface area (Å²) in [6, 6.07) is 6.96. The summed E-state index contributed by atoms with van der Waals surface area (Å²) in [7, 11) is 1.35. The van der Waals surface area contributed by atoms with Crippen molar-refractivity contribution < 1.29 is 9.53 Å². The lowest BCUT2D eigenvalue weighted by molar-refractivity contribution is -0.140. The van der Waals surface area contributed by atoms with Crippen LogP contribution < -0.4 is 11.1 Å². The van der Waals surface area contributed by atoms with E-state index in [0.717, 1.165) is 0 Å². The van der Waals surface area contributed by atoms with E-state index in [9.17, 15) is 4.79 Å². The third-order valence-electron chi connectivity index (χ3n) is 2.05. The van der Waals surface area contributed by atoms with Crippen molar-refractivity contribution in [1.82, 2.24) is 0 Å². The fraction of sp³-hybridized carbons (Fsp3) is 0.273. The number of carbonyl (C=O) groups is 1. The van der Waals surface area contributed by atoms with Crippen LogP contribution in [0.5, 0.6) is 0 Å². The smallest absolute Gasteiger partial charge is 0.307 e. The van der Waals surface area contributed by atoms with Crippen molar-refractivity contribution in [2.45, 2.75) is 6.42 Å². The highest BCUT2D eigenvalue weighted by Gasteiger charge is 2.02. The van der Waals surface area contributed by atoms with E-state index in [1.54, 1.807) is 18.2 Å². The Kier molecular flexibility index (Phi) is 4.16. The molecule has 3 N–H and O–H groups in total. The number of rotatable bonds is 4. The molecule has 0 bridgehead atoms. The van der Waals surface area contributed by atoms with E-state index >= 15 is 0 Å². The van der Waals surface area contributed by atoms with Crippen molar-refractivity contribution in [3.05, 3.63) is 23.8 Å². The standard InChI is InChI=1S/C11H13N3O2/c1-16-11(15)4-5-14-10-3-2-8(7-12)6-9(10)13/h2-3,6,14H,4-5,13H2,1H3. The van der Waals surface area contributed by atoms with Crippen LogP contribution in [0.4, 0.5) is 11.4 Å². The molecule has 1 aromatic rings. The molecule has 1 rings (SSSR count). The van der Waals surface area contributed by atoms with E-state index in [2.05, 4.69) is 10.1 Å². The van der Waals surface area contributed by atoms with Crippen LogP contribution in [0.15, 0.2) is 18.2 Å². The first-order chi connectivity index (χ1) is 7.67. The number of nitrogens with one attached hydrogen (secondary N) is 1. The highest BCUT2D eigenvalue weighted by atomic mass is 16.5. The van der Waals surface area contributed by atoms with Gasteiger partial charge in [0.2, 0.25) is 0 Å². The molecule has 0 aliphatic heterocycles. The molecule has 0 saturated heterocycles. The first kappa shape index (κ1) is 11.9. The fourth-order valence-electron chi connectivity index (χ4n) is 1.19. The number of ether oxygens (including phenoxy) is 1. The van der Waals surface area contributed by atoms with E-state index in [-0.39, 0.29) is 12.4 Å². The zero-order valence-corrected chi connectivity index (χ0v) is 8.99. The number of methoxy groups -OCH3 is 1. The summed E-state index contributed by atoms with van der Waals surface area (Å²) in [5.41, 5.74) is 7.43. The molecule has 1 aromatic carbocycles. The average molecular weight is 219 g/mol. The summed E-state index contributed by atoms with van der Waals surface area (Å²) < 4.78 is 4.50. The molecule has 0 aliphatic rings. The number of esters is 1. The summed E-state index contributed by atoms with van der Waals surface area (Å²) in [6.45, 7) is 0.447. The van der Waals surface area contributed by atoms with Crippen molar-refractivity contribution in [3.8, 4) is 6.07 Å². The molecule has 0 unspecified atom stereocenters. The van der Waals surface area contributed by atoms with E-state index in [1.807, 2.05) is 6.07 Å². The van der Waals surface area contributed by atoms with Gasteiger partial charge in [-0.1, -0.05) is 0 Å². The minimum atomic E-state index is -0.278. The molecule has 0 aromatic heterocycles. The molecule has 16 heavy (non-hydrogen) atoms. The normalized spacial score (nSPS) is 9.25. The van der Waals surface area contributed by atoms with E-state index < -0.39 is 0 Å². The molecule has 0 atom stereocenters. The number of nitrogens with two attached hydrogens (primary N) is 1. The lowest BCUT2D eigenvalue weighted by Gasteiger charge is -2.08. The Bertz CT molecular complexity index is 424. The number of nitrogens with zero attached hydrogens (tertiary/aromatic N) is 1. The van der Waals surface area contributed by atoms with Gasteiger partial charge in [0, 0.05) is 6.54 Å². The van der Waals surface area contributed by atoms with Crippen LogP contribution in [0.2, 0.25) is 0 Å². The molecule has 5 heteroatoms. The first-order valence-electron chi connectivity index (χ1n) is 4.77. The first-order valence-corrected chi connectivity index (χ1v) is 4.77. The SMILES string of the molecule is COC(=O)CCNc1ccc(C#N)cc1N. The third-order valence-corrected chi connectivity index (χ3v) is 2.05. The highest BCUT2D eigenvalue weighted by molar-refractivity contribution is 5.71. The summed E-state index contributed by atoms with van der Waals surface area (Å²) in [6.07, 6.45) is 0.274. The minimum Gasteiger partial charge on any atom is -0.469 e. The van der Waals surface area contributed by atoms with E-state index in [1.165, 1.54) is 7.11 Å². The van der Waals surface area contributed by atoms with Gasteiger partial charge in [0.1, 0.15) is 0 Å². The lowest BCUT2D eigenvalue weighted by atomic mass is 10.2.